The molecule has 0 unspecified atom stereocenters. The topological polar surface area (TPSA) is 74.4 Å². The van der Waals surface area contributed by atoms with E-state index in [1.807, 2.05) is 114 Å². The fraction of sp³-hybridized carbons (Fsp3) is 0.409. The lowest BCUT2D eigenvalue weighted by Crippen LogP contribution is -2.51. The summed E-state index contributed by atoms with van der Waals surface area (Å²) in [7, 11) is 0. The largest absolute Gasteiger partial charge is 0.444 e. The summed E-state index contributed by atoms with van der Waals surface area (Å²) in [5.74, 6) is 0. The first-order chi connectivity index (χ1) is 26.9. The fourth-order valence-corrected chi connectivity index (χ4v) is 6.82. The summed E-state index contributed by atoms with van der Waals surface area (Å²) in [6.45, 7) is 17.3. The lowest BCUT2D eigenvalue weighted by atomic mass is 9.96. The van der Waals surface area contributed by atoms with Crippen molar-refractivity contribution >= 4 is 70.2 Å². The van der Waals surface area contributed by atoms with Crippen LogP contribution in [0, 0.1) is 0 Å². The quantitative estimate of drug-likeness (QED) is 0.201. The van der Waals surface area contributed by atoms with E-state index in [1.54, 1.807) is 9.80 Å². The Labute approximate surface area is 363 Å². The molecule has 13 heteroatoms. The van der Waals surface area contributed by atoms with Gasteiger partial charge in [0.1, 0.15) is 11.2 Å². The van der Waals surface area contributed by atoms with Gasteiger partial charge in [-0.1, -0.05) is 94.9 Å². The summed E-state index contributed by atoms with van der Waals surface area (Å²) < 4.78 is 10.7. The Morgan fingerprint density at radius 1 is 0.509 bits per heavy atom. The molecule has 0 atom stereocenters. The zero-order valence-electron chi connectivity index (χ0n) is 33.4. The Morgan fingerprint density at radius 2 is 0.807 bits per heavy atom. The van der Waals surface area contributed by atoms with Crippen LogP contribution in [0.2, 0.25) is 20.1 Å². The lowest BCUT2D eigenvalue weighted by molar-refractivity contribution is 0.0118. The third-order valence-electron chi connectivity index (χ3n) is 8.80. The van der Waals surface area contributed by atoms with E-state index >= 15 is 0 Å². The zero-order chi connectivity index (χ0) is 41.8. The molecule has 6 rings (SSSR count). The number of alkyl halides is 1. The van der Waals surface area contributed by atoms with E-state index in [1.165, 1.54) is 0 Å². The summed E-state index contributed by atoms with van der Waals surface area (Å²) in [5.41, 5.74) is 3.50. The maximum absolute atomic E-state index is 12.4. The molecule has 2 aliphatic heterocycles. The van der Waals surface area contributed by atoms with Crippen molar-refractivity contribution in [3.63, 3.8) is 0 Å². The smallest absolute Gasteiger partial charge is 0.410 e. The maximum Gasteiger partial charge on any atom is 0.410 e. The standard InChI is InChI=1S/C22H26Cl2N2O2.C13H9Cl3.C9H18N2O2/c1-22(2,3)28-21(27)26-14-12-25(13-15-26)20(16-4-8-18(23)9-5-16)17-6-10-19(24)11-7-17;14-11-5-1-9(2-6-11)13(16)10-3-7-12(15)8-4-10;1-9(2,3)13-8(12)11-6-4-10-5-7-11/h4-11,20H,12-15H2,1-3H3;1-8,13H;10H,4-7H2,1-3H3. The molecule has 8 nitrogen and oxygen atoms in total. The lowest BCUT2D eigenvalue weighted by Gasteiger charge is -2.40. The number of carbonyl (C=O) groups excluding carboxylic acids is 2. The third-order valence-corrected chi connectivity index (χ3v) is 10.3. The molecular formula is C44H53Cl5N4O4. The van der Waals surface area contributed by atoms with Crippen molar-refractivity contribution < 1.29 is 19.1 Å². The molecule has 57 heavy (non-hydrogen) atoms. The Bertz CT molecular complexity index is 1740. The first-order valence-electron chi connectivity index (χ1n) is 18.9. The molecule has 0 aliphatic carbocycles. The van der Waals surface area contributed by atoms with E-state index in [2.05, 4.69) is 34.5 Å². The predicted octanol–water partition coefficient (Wildman–Crippen LogP) is 11.8. The highest BCUT2D eigenvalue weighted by molar-refractivity contribution is 6.31. The number of ether oxygens (including phenoxy) is 2. The summed E-state index contributed by atoms with van der Waals surface area (Å²) in [6.07, 6.45) is -0.448. The SMILES string of the molecule is CC(C)(C)OC(=O)N1CCN(C(c2ccc(Cl)cc2)c2ccc(Cl)cc2)CC1.CC(C)(C)OC(=O)N1CCNCC1.Clc1ccc(C(Cl)c2ccc(Cl)cc2)cc1. The average molecular weight is 879 g/mol. The molecule has 2 aliphatic rings. The summed E-state index contributed by atoms with van der Waals surface area (Å²) in [4.78, 5) is 29.8. The zero-order valence-corrected chi connectivity index (χ0v) is 37.2. The molecule has 0 bridgehead atoms. The van der Waals surface area contributed by atoms with Crippen LogP contribution >= 0.6 is 58.0 Å². The molecule has 0 radical (unpaired) electrons. The van der Waals surface area contributed by atoms with Gasteiger partial charge in [0, 0.05) is 72.4 Å². The number of amides is 2. The van der Waals surface area contributed by atoms with Gasteiger partial charge in [0.2, 0.25) is 0 Å². The highest BCUT2D eigenvalue weighted by Crippen LogP contribution is 2.32. The van der Waals surface area contributed by atoms with Crippen LogP contribution < -0.4 is 5.32 Å². The van der Waals surface area contributed by atoms with Crippen LogP contribution in [0.5, 0.6) is 0 Å². The van der Waals surface area contributed by atoms with Gasteiger partial charge in [-0.3, -0.25) is 4.90 Å². The van der Waals surface area contributed by atoms with E-state index in [9.17, 15) is 9.59 Å². The van der Waals surface area contributed by atoms with Crippen molar-refractivity contribution in [2.24, 2.45) is 0 Å². The number of hydrogen-bond donors (Lipinski definition) is 1. The maximum atomic E-state index is 12.4. The normalized spacial score (nSPS) is 15.0. The number of carbonyl (C=O) groups is 2. The molecular weight excluding hydrogens is 826 g/mol. The molecule has 0 spiro atoms. The van der Waals surface area contributed by atoms with Crippen LogP contribution in [0.4, 0.5) is 9.59 Å². The second-order valence-corrected chi connectivity index (χ2v) is 17.9. The molecule has 4 aromatic rings. The van der Waals surface area contributed by atoms with Crippen LogP contribution in [0.25, 0.3) is 0 Å². The van der Waals surface area contributed by atoms with Gasteiger partial charge in [-0.15, -0.1) is 11.6 Å². The van der Waals surface area contributed by atoms with Crippen LogP contribution in [0.3, 0.4) is 0 Å². The molecule has 2 fully saturated rings. The molecule has 0 aromatic heterocycles. The monoisotopic (exact) mass is 876 g/mol. The van der Waals surface area contributed by atoms with E-state index < -0.39 is 5.60 Å². The van der Waals surface area contributed by atoms with E-state index in [-0.39, 0.29) is 29.2 Å². The molecule has 2 heterocycles. The summed E-state index contributed by atoms with van der Waals surface area (Å²) >= 11 is 30.2. The number of nitrogens with one attached hydrogen (secondary N) is 1. The Hall–Kier alpha value is -3.21. The van der Waals surface area contributed by atoms with Crippen molar-refractivity contribution in [3.05, 3.63) is 139 Å². The first kappa shape index (κ1) is 46.5. The Morgan fingerprint density at radius 3 is 1.12 bits per heavy atom. The second-order valence-electron chi connectivity index (χ2n) is 15.7. The minimum absolute atomic E-state index is 0.0790. The van der Waals surface area contributed by atoms with Crippen molar-refractivity contribution in [1.29, 1.82) is 0 Å². The van der Waals surface area contributed by atoms with Gasteiger partial charge in [0.15, 0.2) is 0 Å². The van der Waals surface area contributed by atoms with Gasteiger partial charge in [0.05, 0.1) is 11.4 Å². The van der Waals surface area contributed by atoms with Gasteiger partial charge in [0.25, 0.3) is 0 Å². The minimum Gasteiger partial charge on any atom is -0.444 e. The minimum atomic E-state index is -0.483. The number of piperazine rings is 2. The number of hydrogen-bond acceptors (Lipinski definition) is 6. The molecule has 1 N–H and O–H groups in total. The highest BCUT2D eigenvalue weighted by Gasteiger charge is 2.30. The van der Waals surface area contributed by atoms with Crippen molar-refractivity contribution in [2.75, 3.05) is 52.4 Å². The van der Waals surface area contributed by atoms with Crippen molar-refractivity contribution in [2.45, 2.75) is 64.2 Å². The Balaban J connectivity index is 0.000000209. The molecule has 308 valence electrons. The second kappa shape index (κ2) is 21.7. The van der Waals surface area contributed by atoms with Crippen LogP contribution in [-0.2, 0) is 9.47 Å². The first-order valence-corrected chi connectivity index (χ1v) is 20.9. The summed E-state index contributed by atoms with van der Waals surface area (Å²) in [6, 6.07) is 31.0. The van der Waals surface area contributed by atoms with Gasteiger partial charge < -0.3 is 24.6 Å². The molecule has 2 amide bonds. The van der Waals surface area contributed by atoms with Crippen LogP contribution in [0.1, 0.15) is 75.2 Å². The van der Waals surface area contributed by atoms with Crippen molar-refractivity contribution in [3.8, 4) is 0 Å². The van der Waals surface area contributed by atoms with Crippen LogP contribution in [0.15, 0.2) is 97.1 Å². The number of benzene rings is 4. The molecule has 4 aromatic carbocycles. The fourth-order valence-electron chi connectivity index (χ4n) is 6.02. The number of rotatable bonds is 5. The number of nitrogens with zero attached hydrogens (tertiary/aromatic N) is 3. The average Bonchev–Trinajstić information content (AvgIpc) is 3.17. The van der Waals surface area contributed by atoms with Crippen molar-refractivity contribution in [1.82, 2.24) is 20.0 Å². The molecule has 2 saturated heterocycles. The van der Waals surface area contributed by atoms with E-state index in [0.717, 1.165) is 61.5 Å². The predicted molar refractivity (Wildman–Crippen MR) is 235 cm³/mol. The molecule has 0 saturated carbocycles. The highest BCUT2D eigenvalue weighted by atomic mass is 35.5. The van der Waals surface area contributed by atoms with Gasteiger partial charge in [-0.2, -0.15) is 0 Å². The summed E-state index contributed by atoms with van der Waals surface area (Å²) in [5, 5.41) is 5.87. The van der Waals surface area contributed by atoms with Gasteiger partial charge in [-0.05, 0) is 112 Å². The Kier molecular flexibility index (Phi) is 17.7. The third kappa shape index (κ3) is 15.8. The van der Waals surface area contributed by atoms with Crippen LogP contribution in [-0.4, -0.2) is 90.4 Å². The number of halogens is 5. The van der Waals surface area contributed by atoms with E-state index in [0.29, 0.717) is 33.2 Å². The van der Waals surface area contributed by atoms with Gasteiger partial charge in [-0.25, -0.2) is 9.59 Å². The van der Waals surface area contributed by atoms with Gasteiger partial charge >= 0.3 is 12.2 Å². The van der Waals surface area contributed by atoms with E-state index in [4.69, 9.17) is 67.5 Å².